The number of carbonyl (C=O) groups is 1. The van der Waals surface area contributed by atoms with Crippen LogP contribution in [-0.4, -0.2) is 49.7 Å². The predicted molar refractivity (Wildman–Crippen MR) is 94.1 cm³/mol. The van der Waals surface area contributed by atoms with E-state index >= 15 is 0 Å². The second-order valence-electron chi connectivity index (χ2n) is 6.66. The molecule has 0 spiro atoms. The third kappa shape index (κ3) is 4.15. The van der Waals surface area contributed by atoms with Gasteiger partial charge >= 0.3 is 0 Å². The maximum absolute atomic E-state index is 13.9. The van der Waals surface area contributed by atoms with E-state index in [1.165, 1.54) is 22.5 Å². The number of sulfonamides is 1. The van der Waals surface area contributed by atoms with E-state index in [0.29, 0.717) is 25.9 Å². The number of rotatable bonds is 4. The third-order valence-electron chi connectivity index (χ3n) is 5.00. The number of hydrogen-bond donors (Lipinski definition) is 0. The maximum Gasteiger partial charge on any atom is 0.225 e. The highest BCUT2D eigenvalue weighted by Crippen LogP contribution is 2.27. The minimum Gasteiger partial charge on any atom is -0.342 e. The van der Waals surface area contributed by atoms with Crippen molar-refractivity contribution < 1.29 is 17.6 Å². The summed E-state index contributed by atoms with van der Waals surface area (Å²) in [6.45, 7) is 2.20. The Morgan fingerprint density at radius 1 is 1.16 bits per heavy atom. The average molecular weight is 389 g/mol. The van der Waals surface area contributed by atoms with Gasteiger partial charge in [-0.15, -0.1) is 0 Å². The largest absolute Gasteiger partial charge is 0.342 e. The lowest BCUT2D eigenvalue weighted by Gasteiger charge is -2.32. The number of piperidine rings is 1. The average Bonchev–Trinajstić information content (AvgIpc) is 3.12. The van der Waals surface area contributed by atoms with Gasteiger partial charge in [0, 0.05) is 42.7 Å². The van der Waals surface area contributed by atoms with Gasteiger partial charge in [0.1, 0.15) is 5.82 Å². The molecule has 0 atom stereocenters. The predicted octanol–water partition coefficient (Wildman–Crippen LogP) is 2.64. The summed E-state index contributed by atoms with van der Waals surface area (Å²) in [5.74, 6) is -1.04. The van der Waals surface area contributed by atoms with Crippen LogP contribution in [-0.2, 0) is 20.6 Å². The molecule has 1 aromatic rings. The molecular weight excluding hydrogens is 367 g/mol. The van der Waals surface area contributed by atoms with E-state index in [1.807, 2.05) is 4.90 Å². The van der Waals surface area contributed by atoms with E-state index < -0.39 is 21.6 Å². The molecule has 0 N–H and O–H groups in total. The van der Waals surface area contributed by atoms with Crippen LogP contribution in [0.2, 0.25) is 5.02 Å². The molecular formula is C17H22ClFN2O3S. The van der Waals surface area contributed by atoms with Crippen LogP contribution in [0.4, 0.5) is 4.39 Å². The first-order valence-electron chi connectivity index (χ1n) is 8.58. The molecule has 8 heteroatoms. The Bertz CT molecular complexity index is 722. The zero-order valence-electron chi connectivity index (χ0n) is 14.0. The lowest BCUT2D eigenvalue weighted by atomic mass is 9.97. The van der Waals surface area contributed by atoms with Crippen molar-refractivity contribution in [2.24, 2.45) is 5.92 Å². The first-order chi connectivity index (χ1) is 11.9. The van der Waals surface area contributed by atoms with E-state index in [0.717, 1.165) is 25.9 Å². The number of carbonyl (C=O) groups excluding carboxylic acids is 1. The van der Waals surface area contributed by atoms with Crippen LogP contribution in [0.1, 0.15) is 31.2 Å². The molecule has 3 rings (SSSR count). The molecule has 1 amide bonds. The Hall–Kier alpha value is -1.18. The molecule has 0 aromatic heterocycles. The molecule has 0 saturated carbocycles. The zero-order chi connectivity index (χ0) is 18.0. The van der Waals surface area contributed by atoms with Crippen LogP contribution in [0, 0.1) is 11.7 Å². The summed E-state index contributed by atoms with van der Waals surface area (Å²) in [7, 11) is -3.67. The van der Waals surface area contributed by atoms with Gasteiger partial charge in [-0.25, -0.2) is 17.1 Å². The molecule has 0 unspecified atom stereocenters. The third-order valence-corrected chi connectivity index (χ3v) is 7.16. The van der Waals surface area contributed by atoms with Crippen molar-refractivity contribution in [2.75, 3.05) is 26.2 Å². The zero-order valence-corrected chi connectivity index (χ0v) is 15.5. The van der Waals surface area contributed by atoms with Crippen molar-refractivity contribution in [1.29, 1.82) is 0 Å². The fraction of sp³-hybridized carbons (Fsp3) is 0.588. The molecule has 0 aliphatic carbocycles. The summed E-state index contributed by atoms with van der Waals surface area (Å²) in [5.41, 5.74) is -0.000525. The summed E-state index contributed by atoms with van der Waals surface area (Å²) in [4.78, 5) is 14.3. The van der Waals surface area contributed by atoms with Crippen molar-refractivity contribution in [3.63, 3.8) is 0 Å². The Morgan fingerprint density at radius 2 is 1.80 bits per heavy atom. The van der Waals surface area contributed by atoms with Crippen LogP contribution in [0.25, 0.3) is 0 Å². The smallest absolute Gasteiger partial charge is 0.225 e. The van der Waals surface area contributed by atoms with Gasteiger partial charge in [0.2, 0.25) is 15.9 Å². The summed E-state index contributed by atoms with van der Waals surface area (Å²) >= 11 is 5.94. The number of hydrogen-bond acceptors (Lipinski definition) is 3. The van der Waals surface area contributed by atoms with E-state index in [1.54, 1.807) is 0 Å². The summed E-state index contributed by atoms with van der Waals surface area (Å²) < 4.78 is 40.4. The van der Waals surface area contributed by atoms with Crippen molar-refractivity contribution in [2.45, 2.75) is 31.4 Å². The minimum atomic E-state index is -3.67. The minimum absolute atomic E-state index is 0.000525. The molecule has 0 bridgehead atoms. The monoisotopic (exact) mass is 388 g/mol. The molecule has 2 aliphatic heterocycles. The molecule has 25 heavy (non-hydrogen) atoms. The van der Waals surface area contributed by atoms with Crippen LogP contribution in [0.15, 0.2) is 18.2 Å². The fourth-order valence-electron chi connectivity index (χ4n) is 3.52. The molecule has 2 aliphatic rings. The van der Waals surface area contributed by atoms with Crippen molar-refractivity contribution in [1.82, 2.24) is 9.21 Å². The number of halogens is 2. The fourth-order valence-corrected chi connectivity index (χ4v) is 5.44. The Labute approximate surface area is 152 Å². The van der Waals surface area contributed by atoms with Gasteiger partial charge < -0.3 is 4.90 Å². The van der Waals surface area contributed by atoms with Crippen molar-refractivity contribution >= 4 is 27.5 Å². The van der Waals surface area contributed by atoms with Gasteiger partial charge in [0.25, 0.3) is 0 Å². The summed E-state index contributed by atoms with van der Waals surface area (Å²) in [6, 6.07) is 4.14. The van der Waals surface area contributed by atoms with E-state index in [4.69, 9.17) is 11.6 Å². The Balaban J connectivity index is 1.62. The number of benzene rings is 1. The molecule has 2 heterocycles. The standard InChI is InChI=1S/C17H22ClFN2O3S/c18-15-4-3-5-16(19)14(15)12-25(23,24)21-10-6-13(7-11-21)17(22)20-8-1-2-9-20/h3-5,13H,1-2,6-12H2. The van der Waals surface area contributed by atoms with E-state index in [9.17, 15) is 17.6 Å². The molecule has 138 valence electrons. The second kappa shape index (κ2) is 7.60. The van der Waals surface area contributed by atoms with Crippen LogP contribution in [0.3, 0.4) is 0 Å². The number of likely N-dealkylation sites (tertiary alicyclic amines) is 1. The molecule has 1 aromatic carbocycles. The molecule has 2 fully saturated rings. The van der Waals surface area contributed by atoms with E-state index in [-0.39, 0.29) is 22.4 Å². The highest BCUT2D eigenvalue weighted by molar-refractivity contribution is 7.88. The Kier molecular flexibility index (Phi) is 5.65. The maximum atomic E-state index is 13.9. The highest BCUT2D eigenvalue weighted by Gasteiger charge is 2.34. The van der Waals surface area contributed by atoms with Gasteiger partial charge in [-0.3, -0.25) is 4.79 Å². The Morgan fingerprint density at radius 3 is 2.40 bits per heavy atom. The topological polar surface area (TPSA) is 57.7 Å². The van der Waals surface area contributed by atoms with Crippen LogP contribution in [0.5, 0.6) is 0 Å². The highest BCUT2D eigenvalue weighted by atomic mass is 35.5. The van der Waals surface area contributed by atoms with Crippen molar-refractivity contribution in [3.8, 4) is 0 Å². The summed E-state index contributed by atoms with van der Waals surface area (Å²) in [5, 5.41) is 0.114. The van der Waals surface area contributed by atoms with Crippen LogP contribution < -0.4 is 0 Å². The molecule has 5 nitrogen and oxygen atoms in total. The quantitative estimate of drug-likeness (QED) is 0.796. The van der Waals surface area contributed by atoms with Gasteiger partial charge in [-0.1, -0.05) is 17.7 Å². The molecule has 0 radical (unpaired) electrons. The first kappa shape index (κ1) is 18.6. The number of amides is 1. The first-order valence-corrected chi connectivity index (χ1v) is 10.6. The second-order valence-corrected chi connectivity index (χ2v) is 9.04. The summed E-state index contributed by atoms with van der Waals surface area (Å²) in [6.07, 6.45) is 3.11. The normalized spacial score (nSPS) is 20.2. The lowest BCUT2D eigenvalue weighted by Crippen LogP contribution is -2.44. The lowest BCUT2D eigenvalue weighted by molar-refractivity contribution is -0.135. The molecule has 2 saturated heterocycles. The SMILES string of the molecule is O=C(C1CCN(S(=O)(=O)Cc2c(F)cccc2Cl)CC1)N1CCCC1. The van der Waals surface area contributed by atoms with Gasteiger partial charge in [-0.2, -0.15) is 0 Å². The van der Waals surface area contributed by atoms with Gasteiger partial charge in [-0.05, 0) is 37.8 Å². The number of nitrogens with zero attached hydrogens (tertiary/aromatic N) is 2. The van der Waals surface area contributed by atoms with E-state index in [2.05, 4.69) is 0 Å². The van der Waals surface area contributed by atoms with Gasteiger partial charge in [0.05, 0.1) is 5.75 Å². The van der Waals surface area contributed by atoms with Gasteiger partial charge in [0.15, 0.2) is 0 Å². The van der Waals surface area contributed by atoms with Crippen LogP contribution >= 0.6 is 11.6 Å². The van der Waals surface area contributed by atoms with Crippen molar-refractivity contribution in [3.05, 3.63) is 34.6 Å².